The molecule has 1 N–H and O–H groups in total. The van der Waals surface area contributed by atoms with Gasteiger partial charge in [0.2, 0.25) is 0 Å². The molecule has 0 saturated heterocycles. The Morgan fingerprint density at radius 3 is 2.38 bits per heavy atom. The van der Waals surface area contributed by atoms with Crippen LogP contribution >= 0.6 is 0 Å². The van der Waals surface area contributed by atoms with Gasteiger partial charge in [-0.3, -0.25) is 0 Å². The van der Waals surface area contributed by atoms with E-state index in [0.29, 0.717) is 12.5 Å². The van der Waals surface area contributed by atoms with Gasteiger partial charge in [0.25, 0.3) is 0 Å². The van der Waals surface area contributed by atoms with Crippen LogP contribution < -0.4 is 0 Å². The lowest BCUT2D eigenvalue weighted by atomic mass is 10.1. The quantitative estimate of drug-likeness (QED) is 0.573. The molecule has 0 radical (unpaired) electrons. The molecule has 1 saturated carbocycles. The largest absolute Gasteiger partial charge is 0.396 e. The summed E-state index contributed by atoms with van der Waals surface area (Å²) >= 11 is 0. The van der Waals surface area contributed by atoms with Gasteiger partial charge in [-0.15, -0.1) is 0 Å². The van der Waals surface area contributed by atoms with Crippen molar-refractivity contribution in [3.8, 4) is 0 Å². The Morgan fingerprint density at radius 2 is 2.25 bits per heavy atom. The molecule has 0 amide bonds. The van der Waals surface area contributed by atoms with Gasteiger partial charge in [-0.2, -0.15) is 0 Å². The second-order valence-corrected chi connectivity index (χ2v) is 3.04. The number of aliphatic hydroxyl groups is 1. The first kappa shape index (κ1) is 6.09. The van der Waals surface area contributed by atoms with Gasteiger partial charge in [-0.25, -0.2) is 0 Å². The van der Waals surface area contributed by atoms with Crippen LogP contribution in [0.2, 0.25) is 0 Å². The first-order valence-electron chi connectivity index (χ1n) is 3.36. The van der Waals surface area contributed by atoms with E-state index >= 15 is 0 Å². The predicted octanol–water partition coefficient (Wildman–Crippen LogP) is 1.27. The molecule has 8 heavy (non-hydrogen) atoms. The van der Waals surface area contributed by atoms with Crippen molar-refractivity contribution < 1.29 is 5.11 Å². The maximum Gasteiger partial charge on any atom is 0.0459 e. The van der Waals surface area contributed by atoms with Crippen LogP contribution in [0.4, 0.5) is 0 Å². The maximum absolute atomic E-state index is 8.66. The van der Waals surface area contributed by atoms with Crippen molar-refractivity contribution in [2.24, 2.45) is 17.8 Å². The molecule has 1 nitrogen and oxygen atoms in total. The van der Waals surface area contributed by atoms with Crippen molar-refractivity contribution in [1.29, 1.82) is 0 Å². The molecule has 0 bridgehead atoms. The van der Waals surface area contributed by atoms with E-state index in [2.05, 4.69) is 13.8 Å². The average Bonchev–Trinajstić information content (AvgIpc) is 2.45. The fraction of sp³-hybridized carbons (Fsp3) is 1.00. The van der Waals surface area contributed by atoms with Gasteiger partial charge in [0.05, 0.1) is 0 Å². The average molecular weight is 114 g/mol. The zero-order valence-electron chi connectivity index (χ0n) is 5.59. The van der Waals surface area contributed by atoms with Crippen LogP contribution in [0.3, 0.4) is 0 Å². The van der Waals surface area contributed by atoms with Crippen molar-refractivity contribution in [3.05, 3.63) is 0 Å². The summed E-state index contributed by atoms with van der Waals surface area (Å²) in [6.07, 6.45) is 1.34. The molecule has 0 aromatic rings. The lowest BCUT2D eigenvalue weighted by Crippen LogP contribution is -2.03. The minimum Gasteiger partial charge on any atom is -0.396 e. The number of rotatable bonds is 2. The van der Waals surface area contributed by atoms with Crippen LogP contribution in [0.15, 0.2) is 0 Å². The monoisotopic (exact) mass is 114 g/mol. The highest BCUT2D eigenvalue weighted by molar-refractivity contribution is 4.85. The van der Waals surface area contributed by atoms with Gasteiger partial charge in [0.15, 0.2) is 0 Å². The van der Waals surface area contributed by atoms with Gasteiger partial charge in [0, 0.05) is 6.61 Å². The van der Waals surface area contributed by atoms with E-state index in [4.69, 9.17) is 5.11 Å². The van der Waals surface area contributed by atoms with Crippen LogP contribution in [-0.2, 0) is 0 Å². The van der Waals surface area contributed by atoms with Gasteiger partial charge >= 0.3 is 0 Å². The van der Waals surface area contributed by atoms with Crippen LogP contribution in [0.25, 0.3) is 0 Å². The van der Waals surface area contributed by atoms with Gasteiger partial charge in [-0.05, 0) is 24.2 Å². The summed E-state index contributed by atoms with van der Waals surface area (Å²) in [7, 11) is 0. The van der Waals surface area contributed by atoms with E-state index in [1.807, 2.05) is 0 Å². The van der Waals surface area contributed by atoms with E-state index in [9.17, 15) is 0 Å². The molecule has 0 aromatic heterocycles. The second kappa shape index (κ2) is 2.06. The zero-order valence-corrected chi connectivity index (χ0v) is 5.59. The standard InChI is InChI=1S/C7H14O/c1-5-3-7(5)6(2)4-8/h5-8H,3-4H2,1-2H3/t5-,6?,7?/m0/s1. The molecule has 1 fully saturated rings. The van der Waals surface area contributed by atoms with E-state index in [-0.39, 0.29) is 0 Å². The van der Waals surface area contributed by atoms with Gasteiger partial charge in [0.1, 0.15) is 0 Å². The topological polar surface area (TPSA) is 20.2 Å². The smallest absolute Gasteiger partial charge is 0.0459 e. The molecule has 3 atom stereocenters. The maximum atomic E-state index is 8.66. The summed E-state index contributed by atoms with van der Waals surface area (Å²) in [5.74, 6) is 2.27. The summed E-state index contributed by atoms with van der Waals surface area (Å²) in [4.78, 5) is 0. The predicted molar refractivity (Wildman–Crippen MR) is 33.5 cm³/mol. The van der Waals surface area contributed by atoms with Gasteiger partial charge < -0.3 is 5.11 Å². The first-order chi connectivity index (χ1) is 3.75. The third-order valence-electron chi connectivity index (χ3n) is 2.19. The summed E-state index contributed by atoms with van der Waals surface area (Å²) in [6, 6.07) is 0. The zero-order chi connectivity index (χ0) is 6.15. The summed E-state index contributed by atoms with van der Waals surface area (Å²) < 4.78 is 0. The van der Waals surface area contributed by atoms with Crippen molar-refractivity contribution in [2.45, 2.75) is 20.3 Å². The SMILES string of the molecule is CC(CO)C1C[C@@H]1C. The fourth-order valence-corrected chi connectivity index (χ4v) is 1.28. The molecule has 0 aromatic carbocycles. The van der Waals surface area contributed by atoms with E-state index in [0.717, 1.165) is 11.8 Å². The molecule has 1 aliphatic carbocycles. The normalized spacial score (nSPS) is 39.4. The van der Waals surface area contributed by atoms with Crippen LogP contribution in [0.1, 0.15) is 20.3 Å². The van der Waals surface area contributed by atoms with Crippen molar-refractivity contribution in [3.63, 3.8) is 0 Å². The first-order valence-corrected chi connectivity index (χ1v) is 3.36. The van der Waals surface area contributed by atoms with E-state index < -0.39 is 0 Å². The van der Waals surface area contributed by atoms with Crippen LogP contribution in [-0.4, -0.2) is 11.7 Å². The molecule has 48 valence electrons. The van der Waals surface area contributed by atoms with Crippen LogP contribution in [0.5, 0.6) is 0 Å². The summed E-state index contributed by atoms with van der Waals surface area (Å²) in [5.41, 5.74) is 0. The van der Waals surface area contributed by atoms with E-state index in [1.165, 1.54) is 6.42 Å². The highest BCUT2D eigenvalue weighted by Gasteiger charge is 2.36. The molecule has 1 rings (SSSR count). The number of hydrogen-bond acceptors (Lipinski definition) is 1. The molecule has 1 aliphatic rings. The van der Waals surface area contributed by atoms with E-state index in [1.54, 1.807) is 0 Å². The Labute approximate surface area is 50.7 Å². The molecule has 0 spiro atoms. The van der Waals surface area contributed by atoms with Crippen LogP contribution in [0, 0.1) is 17.8 Å². The van der Waals surface area contributed by atoms with Crippen molar-refractivity contribution in [2.75, 3.05) is 6.61 Å². The Morgan fingerprint density at radius 1 is 1.75 bits per heavy atom. The lowest BCUT2D eigenvalue weighted by molar-refractivity contribution is 0.218. The number of aliphatic hydroxyl groups excluding tert-OH is 1. The Balaban J connectivity index is 2.18. The minimum absolute atomic E-state index is 0.370. The molecular weight excluding hydrogens is 100 g/mol. The molecule has 0 heterocycles. The Kier molecular flexibility index (Phi) is 1.57. The fourth-order valence-electron chi connectivity index (χ4n) is 1.28. The molecule has 0 aliphatic heterocycles. The summed E-state index contributed by atoms with van der Waals surface area (Å²) in [6.45, 7) is 4.74. The third kappa shape index (κ3) is 1.03. The highest BCUT2D eigenvalue weighted by atomic mass is 16.3. The minimum atomic E-state index is 0.370. The van der Waals surface area contributed by atoms with Gasteiger partial charge in [-0.1, -0.05) is 13.8 Å². The molecule has 1 heteroatoms. The second-order valence-electron chi connectivity index (χ2n) is 3.04. The molecular formula is C7H14O. The van der Waals surface area contributed by atoms with Crippen molar-refractivity contribution >= 4 is 0 Å². The third-order valence-corrected chi connectivity index (χ3v) is 2.19. The Hall–Kier alpha value is -0.0400. The number of hydrogen-bond donors (Lipinski definition) is 1. The molecule has 2 unspecified atom stereocenters. The Bertz CT molecular complexity index is 78.5. The summed E-state index contributed by atoms with van der Waals surface area (Å²) in [5, 5.41) is 8.66. The highest BCUT2D eigenvalue weighted by Crippen LogP contribution is 2.43. The lowest BCUT2D eigenvalue weighted by Gasteiger charge is -2.02. The van der Waals surface area contributed by atoms with Crippen molar-refractivity contribution in [1.82, 2.24) is 0 Å².